The predicted octanol–water partition coefficient (Wildman–Crippen LogP) is 5.61. The van der Waals surface area contributed by atoms with Crippen molar-refractivity contribution < 1.29 is 18.3 Å². The van der Waals surface area contributed by atoms with Gasteiger partial charge < -0.3 is 15.4 Å². The molecule has 0 saturated heterocycles. The molecule has 5 rings (SSSR count). The van der Waals surface area contributed by atoms with Crippen LogP contribution in [0.1, 0.15) is 56.1 Å². The number of H-pyrrole nitrogens is 1. The van der Waals surface area contributed by atoms with Crippen LogP contribution in [0.25, 0.3) is 21.5 Å². The topological polar surface area (TPSA) is 125 Å². The molecule has 1 fully saturated rings. The fourth-order valence-electron chi connectivity index (χ4n) is 4.33. The number of rotatable bonds is 4. The third kappa shape index (κ3) is 6.51. The highest BCUT2D eigenvalue weighted by Gasteiger charge is 2.29. The Morgan fingerprint density at radius 2 is 1.92 bits per heavy atom. The van der Waals surface area contributed by atoms with Crippen LogP contribution < -0.4 is 5.32 Å². The summed E-state index contributed by atoms with van der Waals surface area (Å²) in [7, 11) is -2.59. The smallest absolute Gasteiger partial charge is 0.316 e. The Labute approximate surface area is 221 Å². The van der Waals surface area contributed by atoms with E-state index in [2.05, 4.69) is 70.8 Å². The zero-order valence-electron chi connectivity index (χ0n) is 20.9. The number of hydrogen-bond donors (Lipinski definition) is 3. The molecule has 1 aliphatic carbocycles. The molecule has 4 aromatic rings. The van der Waals surface area contributed by atoms with Gasteiger partial charge in [0.05, 0.1) is 18.3 Å². The molecule has 3 aromatic heterocycles. The van der Waals surface area contributed by atoms with E-state index in [1.165, 1.54) is 23.1 Å². The number of aromatic amines is 1. The molecule has 1 saturated carbocycles. The van der Waals surface area contributed by atoms with E-state index in [0.717, 1.165) is 17.7 Å². The highest BCUT2D eigenvalue weighted by Crippen LogP contribution is 2.36. The molecule has 2 atom stereocenters. The summed E-state index contributed by atoms with van der Waals surface area (Å²) in [4.78, 5) is 21.0. The number of thiophene rings is 1. The van der Waals surface area contributed by atoms with Crippen molar-refractivity contribution in [3.63, 3.8) is 0 Å². The SMILES string of the molecule is CC(C)(C)c1ccccc1.O=C(NC1CCCC1O)c1[nH]c2ncc(N=S(=O)=O)cc2c1-c1cccs1. The average Bonchev–Trinajstić information content (AvgIpc) is 3.59. The lowest BCUT2D eigenvalue weighted by atomic mass is 9.87. The number of aromatic nitrogens is 2. The summed E-state index contributed by atoms with van der Waals surface area (Å²) in [5.41, 5.74) is 3.32. The maximum atomic E-state index is 12.9. The van der Waals surface area contributed by atoms with Gasteiger partial charge in [-0.05, 0) is 47.8 Å². The zero-order chi connectivity index (χ0) is 26.6. The molecule has 37 heavy (non-hydrogen) atoms. The van der Waals surface area contributed by atoms with Crippen molar-refractivity contribution in [1.29, 1.82) is 0 Å². The number of aliphatic hydroxyl groups excluding tert-OH is 1. The molecular formula is C27H30N4O4S2. The van der Waals surface area contributed by atoms with Crippen LogP contribution in [-0.2, 0) is 15.9 Å². The molecule has 3 N–H and O–H groups in total. The van der Waals surface area contributed by atoms with Gasteiger partial charge >= 0.3 is 10.5 Å². The van der Waals surface area contributed by atoms with Gasteiger partial charge in [0, 0.05) is 15.8 Å². The molecule has 0 bridgehead atoms. The Kier molecular flexibility index (Phi) is 8.21. The van der Waals surface area contributed by atoms with Gasteiger partial charge in [-0.3, -0.25) is 4.79 Å². The van der Waals surface area contributed by atoms with Crippen LogP contribution in [0.4, 0.5) is 5.69 Å². The van der Waals surface area contributed by atoms with E-state index in [1.54, 1.807) is 6.07 Å². The number of pyridine rings is 1. The van der Waals surface area contributed by atoms with Gasteiger partial charge in [0.1, 0.15) is 17.0 Å². The summed E-state index contributed by atoms with van der Waals surface area (Å²) < 4.78 is 25.2. The lowest BCUT2D eigenvalue weighted by Gasteiger charge is -2.18. The van der Waals surface area contributed by atoms with Gasteiger partial charge in [-0.2, -0.15) is 8.42 Å². The van der Waals surface area contributed by atoms with Crippen molar-refractivity contribution in [2.24, 2.45) is 4.36 Å². The first-order valence-corrected chi connectivity index (χ1v) is 14.0. The normalized spacial score (nSPS) is 17.2. The minimum Gasteiger partial charge on any atom is -0.391 e. The molecule has 10 heteroatoms. The van der Waals surface area contributed by atoms with E-state index < -0.39 is 16.6 Å². The average molecular weight is 539 g/mol. The van der Waals surface area contributed by atoms with Crippen molar-refractivity contribution >= 4 is 44.5 Å². The van der Waals surface area contributed by atoms with Crippen molar-refractivity contribution in [1.82, 2.24) is 15.3 Å². The number of aliphatic hydroxyl groups is 1. The fourth-order valence-corrected chi connectivity index (χ4v) is 5.39. The van der Waals surface area contributed by atoms with Crippen LogP contribution in [0.15, 0.2) is 64.5 Å². The summed E-state index contributed by atoms with van der Waals surface area (Å²) in [6.07, 6.45) is 3.07. The number of hydrogen-bond acceptors (Lipinski definition) is 7. The Morgan fingerprint density at radius 3 is 2.49 bits per heavy atom. The first-order chi connectivity index (χ1) is 17.6. The second-order valence-electron chi connectivity index (χ2n) is 9.94. The molecule has 1 aromatic carbocycles. The number of carbonyl (C=O) groups is 1. The molecule has 8 nitrogen and oxygen atoms in total. The summed E-state index contributed by atoms with van der Waals surface area (Å²) in [5, 5.41) is 15.4. The number of nitrogens with one attached hydrogen (secondary N) is 2. The number of benzene rings is 1. The third-order valence-electron chi connectivity index (χ3n) is 6.25. The maximum absolute atomic E-state index is 12.9. The van der Waals surface area contributed by atoms with E-state index in [-0.39, 0.29) is 17.6 Å². The first-order valence-electron chi connectivity index (χ1n) is 12.0. The van der Waals surface area contributed by atoms with Gasteiger partial charge in [-0.25, -0.2) is 4.98 Å². The van der Waals surface area contributed by atoms with Crippen LogP contribution in [0, 0.1) is 0 Å². The van der Waals surface area contributed by atoms with Crippen LogP contribution in [0.2, 0.25) is 0 Å². The minimum absolute atomic E-state index is 0.186. The number of nitrogens with zero attached hydrogens (tertiary/aromatic N) is 2. The quantitative estimate of drug-likeness (QED) is 0.311. The number of fused-ring (bicyclic) bond motifs is 1. The maximum Gasteiger partial charge on any atom is 0.316 e. The van der Waals surface area contributed by atoms with Crippen molar-refractivity contribution in [3.8, 4) is 10.4 Å². The molecule has 3 heterocycles. The van der Waals surface area contributed by atoms with Crippen molar-refractivity contribution in [2.75, 3.05) is 0 Å². The molecule has 0 spiro atoms. The van der Waals surface area contributed by atoms with E-state index in [4.69, 9.17) is 0 Å². The van der Waals surface area contributed by atoms with Crippen molar-refractivity contribution in [2.45, 2.75) is 57.6 Å². The van der Waals surface area contributed by atoms with Gasteiger partial charge in [-0.1, -0.05) is 57.2 Å². The Bertz CT molecular complexity index is 1500. The summed E-state index contributed by atoms with van der Waals surface area (Å²) >= 11 is 1.46. The molecule has 2 unspecified atom stereocenters. The summed E-state index contributed by atoms with van der Waals surface area (Å²) in [6.45, 7) is 6.67. The highest BCUT2D eigenvalue weighted by atomic mass is 32.2. The summed E-state index contributed by atoms with van der Waals surface area (Å²) in [5.74, 6) is -0.326. The molecule has 194 valence electrons. The Hall–Kier alpha value is -3.34. The first kappa shape index (κ1) is 26.7. The lowest BCUT2D eigenvalue weighted by Crippen LogP contribution is -2.40. The summed E-state index contributed by atoms with van der Waals surface area (Å²) in [6, 6.07) is 15.6. The van der Waals surface area contributed by atoms with Gasteiger partial charge in [0.15, 0.2) is 0 Å². The van der Waals surface area contributed by atoms with E-state index >= 15 is 0 Å². The molecular weight excluding hydrogens is 508 g/mol. The fraction of sp³-hybridized carbons (Fsp3) is 0.333. The second-order valence-corrected chi connectivity index (χ2v) is 11.5. The predicted molar refractivity (Wildman–Crippen MR) is 147 cm³/mol. The van der Waals surface area contributed by atoms with Gasteiger partial charge in [0.25, 0.3) is 5.91 Å². The van der Waals surface area contributed by atoms with E-state index in [9.17, 15) is 18.3 Å². The standard InChI is InChI=1S/C17H16N4O4S2.C10H14/c22-12-4-1-3-11(12)19-17(23)15-14(13-5-2-6-26-13)10-7-9(21-27(24)25)8-18-16(10)20-15;1-10(2,3)9-7-5-4-6-8-9/h2,5-8,11-12,22H,1,3-4H2,(H,18,20)(H,19,23);4-8H,1-3H3. The molecule has 0 aliphatic heterocycles. The number of amides is 1. The monoisotopic (exact) mass is 538 g/mol. The minimum atomic E-state index is -2.59. The molecule has 1 aliphatic rings. The lowest BCUT2D eigenvalue weighted by molar-refractivity contribution is 0.0870. The van der Waals surface area contributed by atoms with Gasteiger partial charge in [0.2, 0.25) is 0 Å². The molecule has 1 amide bonds. The van der Waals surface area contributed by atoms with Crippen LogP contribution in [-0.4, -0.2) is 41.5 Å². The van der Waals surface area contributed by atoms with E-state index in [0.29, 0.717) is 34.1 Å². The highest BCUT2D eigenvalue weighted by molar-refractivity contribution is 7.61. The largest absolute Gasteiger partial charge is 0.391 e. The molecule has 0 radical (unpaired) electrons. The van der Waals surface area contributed by atoms with Gasteiger partial charge in [-0.15, -0.1) is 15.7 Å². The van der Waals surface area contributed by atoms with Crippen molar-refractivity contribution in [3.05, 3.63) is 71.4 Å². The number of carbonyl (C=O) groups excluding carboxylic acids is 1. The van der Waals surface area contributed by atoms with Crippen LogP contribution in [0.5, 0.6) is 0 Å². The van der Waals surface area contributed by atoms with E-state index in [1.807, 2.05) is 17.5 Å². The Morgan fingerprint density at radius 1 is 1.16 bits per heavy atom. The second kappa shape index (κ2) is 11.4. The Balaban J connectivity index is 0.000000270. The van der Waals surface area contributed by atoms with Crippen LogP contribution in [0.3, 0.4) is 0 Å². The van der Waals surface area contributed by atoms with Crippen LogP contribution >= 0.6 is 11.3 Å². The zero-order valence-corrected chi connectivity index (χ0v) is 22.6. The third-order valence-corrected chi connectivity index (χ3v) is 7.49.